The second-order valence-corrected chi connectivity index (χ2v) is 3.58. The molecular weight excluding hydrogens is 142 g/mol. The lowest BCUT2D eigenvalue weighted by Gasteiger charge is -2.33. The molecule has 0 aromatic heterocycles. The van der Waals surface area contributed by atoms with Gasteiger partial charge in [0, 0.05) is 6.04 Å². The molecule has 1 saturated heterocycles. The van der Waals surface area contributed by atoms with Crippen molar-refractivity contribution in [3.63, 3.8) is 0 Å². The minimum atomic E-state index is -0.468. The van der Waals surface area contributed by atoms with Crippen molar-refractivity contribution in [2.24, 2.45) is 11.7 Å². The zero-order chi connectivity index (χ0) is 8.43. The molecule has 0 aromatic carbocycles. The summed E-state index contributed by atoms with van der Waals surface area (Å²) in [6.45, 7) is 4.61. The van der Waals surface area contributed by atoms with E-state index in [9.17, 15) is 5.11 Å². The van der Waals surface area contributed by atoms with Crippen LogP contribution in [0, 0.1) is 5.92 Å². The number of nitrogens with two attached hydrogens (primary N) is 1. The first-order valence-corrected chi connectivity index (χ1v) is 4.16. The average molecular weight is 159 g/mol. The van der Waals surface area contributed by atoms with Crippen LogP contribution in [0.5, 0.6) is 0 Å². The topological polar surface area (TPSA) is 55.5 Å². The molecule has 11 heavy (non-hydrogen) atoms. The predicted molar refractivity (Wildman–Crippen MR) is 43.2 cm³/mol. The van der Waals surface area contributed by atoms with E-state index in [0.29, 0.717) is 12.5 Å². The first-order valence-electron chi connectivity index (χ1n) is 4.16. The Balaban J connectivity index is 2.40. The minimum absolute atomic E-state index is 0.101. The Kier molecular flexibility index (Phi) is 2.87. The standard InChI is InChI=1S/C8H17NO2/c1-5(2)8-3-6(9)7(10)4-11-8/h5-8,10H,3-4,9H2,1-2H3/t6-,7+,8-/m1/s1. The van der Waals surface area contributed by atoms with E-state index in [0.717, 1.165) is 6.42 Å². The third-order valence-electron chi connectivity index (χ3n) is 2.22. The molecule has 1 rings (SSSR count). The maximum Gasteiger partial charge on any atom is 0.0925 e. The average Bonchev–Trinajstić information content (AvgIpc) is 1.94. The van der Waals surface area contributed by atoms with Crippen molar-refractivity contribution in [1.82, 2.24) is 0 Å². The fourth-order valence-electron chi connectivity index (χ4n) is 1.30. The van der Waals surface area contributed by atoms with Gasteiger partial charge in [0.05, 0.1) is 18.8 Å². The zero-order valence-corrected chi connectivity index (χ0v) is 7.16. The Morgan fingerprint density at radius 1 is 1.55 bits per heavy atom. The molecule has 3 atom stereocenters. The normalized spacial score (nSPS) is 39.5. The number of hydrogen-bond acceptors (Lipinski definition) is 3. The van der Waals surface area contributed by atoms with Gasteiger partial charge in [-0.1, -0.05) is 13.8 Å². The molecule has 0 bridgehead atoms. The summed E-state index contributed by atoms with van der Waals surface area (Å²) in [5.41, 5.74) is 5.68. The summed E-state index contributed by atoms with van der Waals surface area (Å²) < 4.78 is 5.39. The second kappa shape index (κ2) is 3.52. The van der Waals surface area contributed by atoms with Crippen LogP contribution in [0.2, 0.25) is 0 Å². The zero-order valence-electron chi connectivity index (χ0n) is 7.16. The van der Waals surface area contributed by atoms with Gasteiger partial charge in [0.1, 0.15) is 0 Å². The third-order valence-corrected chi connectivity index (χ3v) is 2.22. The summed E-state index contributed by atoms with van der Waals surface area (Å²) in [5.74, 6) is 0.494. The fraction of sp³-hybridized carbons (Fsp3) is 1.00. The number of aliphatic hydroxyl groups is 1. The van der Waals surface area contributed by atoms with Gasteiger partial charge in [0.15, 0.2) is 0 Å². The number of rotatable bonds is 1. The molecule has 0 aromatic rings. The number of ether oxygens (including phenoxy) is 1. The monoisotopic (exact) mass is 159 g/mol. The Morgan fingerprint density at radius 3 is 2.64 bits per heavy atom. The van der Waals surface area contributed by atoms with Crippen LogP contribution in [0.25, 0.3) is 0 Å². The molecule has 1 aliphatic heterocycles. The van der Waals surface area contributed by atoms with Gasteiger partial charge in [-0.05, 0) is 12.3 Å². The van der Waals surface area contributed by atoms with Gasteiger partial charge in [-0.25, -0.2) is 0 Å². The highest BCUT2D eigenvalue weighted by Gasteiger charge is 2.28. The van der Waals surface area contributed by atoms with Gasteiger partial charge in [0.2, 0.25) is 0 Å². The second-order valence-electron chi connectivity index (χ2n) is 3.58. The summed E-state index contributed by atoms with van der Waals surface area (Å²) in [4.78, 5) is 0. The Hall–Kier alpha value is -0.120. The van der Waals surface area contributed by atoms with Gasteiger partial charge in [-0.15, -0.1) is 0 Å². The Morgan fingerprint density at radius 2 is 2.18 bits per heavy atom. The molecule has 0 saturated carbocycles. The highest BCUT2D eigenvalue weighted by molar-refractivity contribution is 4.82. The summed E-state index contributed by atoms with van der Waals surface area (Å²) >= 11 is 0. The van der Waals surface area contributed by atoms with Crippen LogP contribution in [0.1, 0.15) is 20.3 Å². The van der Waals surface area contributed by atoms with Crippen LogP contribution in [-0.4, -0.2) is 30.0 Å². The van der Waals surface area contributed by atoms with Gasteiger partial charge >= 0.3 is 0 Å². The predicted octanol–water partition coefficient (Wildman–Crippen LogP) is 0.120. The summed E-state index contributed by atoms with van der Waals surface area (Å²) in [5, 5.41) is 9.23. The molecule has 0 unspecified atom stereocenters. The molecule has 66 valence electrons. The summed E-state index contributed by atoms with van der Waals surface area (Å²) in [6, 6.07) is -0.101. The molecule has 1 fully saturated rings. The molecule has 0 aliphatic carbocycles. The minimum Gasteiger partial charge on any atom is -0.389 e. The van der Waals surface area contributed by atoms with Crippen LogP contribution in [-0.2, 0) is 4.74 Å². The molecule has 1 heterocycles. The smallest absolute Gasteiger partial charge is 0.0925 e. The van der Waals surface area contributed by atoms with Gasteiger partial charge in [0.25, 0.3) is 0 Å². The molecular formula is C8H17NO2. The van der Waals surface area contributed by atoms with Crippen molar-refractivity contribution in [2.75, 3.05) is 6.61 Å². The van der Waals surface area contributed by atoms with E-state index in [1.54, 1.807) is 0 Å². The maximum absolute atomic E-state index is 9.23. The van der Waals surface area contributed by atoms with E-state index < -0.39 is 6.10 Å². The van der Waals surface area contributed by atoms with Crippen molar-refractivity contribution in [3.8, 4) is 0 Å². The Bertz CT molecular complexity index is 127. The van der Waals surface area contributed by atoms with E-state index >= 15 is 0 Å². The summed E-state index contributed by atoms with van der Waals surface area (Å²) in [6.07, 6.45) is 0.539. The van der Waals surface area contributed by atoms with E-state index in [1.165, 1.54) is 0 Å². The number of aliphatic hydroxyl groups excluding tert-OH is 1. The van der Waals surface area contributed by atoms with Crippen LogP contribution in [0.15, 0.2) is 0 Å². The van der Waals surface area contributed by atoms with Crippen molar-refractivity contribution >= 4 is 0 Å². The maximum atomic E-state index is 9.23. The molecule has 1 aliphatic rings. The summed E-state index contributed by atoms with van der Waals surface area (Å²) in [7, 11) is 0. The van der Waals surface area contributed by atoms with Gasteiger partial charge in [-0.2, -0.15) is 0 Å². The van der Waals surface area contributed by atoms with E-state index in [1.807, 2.05) is 0 Å². The van der Waals surface area contributed by atoms with Gasteiger partial charge < -0.3 is 15.6 Å². The first-order chi connectivity index (χ1) is 5.11. The quantitative estimate of drug-likeness (QED) is 0.571. The molecule has 0 amide bonds. The van der Waals surface area contributed by atoms with E-state index in [4.69, 9.17) is 10.5 Å². The molecule has 3 heteroatoms. The Labute approximate surface area is 67.5 Å². The lowest BCUT2D eigenvalue weighted by atomic mass is 9.94. The van der Waals surface area contributed by atoms with Crippen LogP contribution in [0.3, 0.4) is 0 Å². The van der Waals surface area contributed by atoms with E-state index in [-0.39, 0.29) is 12.1 Å². The highest BCUT2D eigenvalue weighted by Crippen LogP contribution is 2.18. The van der Waals surface area contributed by atoms with Crippen molar-refractivity contribution in [1.29, 1.82) is 0 Å². The lowest BCUT2D eigenvalue weighted by molar-refractivity contribution is -0.0823. The molecule has 3 N–H and O–H groups in total. The van der Waals surface area contributed by atoms with Crippen LogP contribution in [0.4, 0.5) is 0 Å². The van der Waals surface area contributed by atoms with E-state index in [2.05, 4.69) is 13.8 Å². The highest BCUT2D eigenvalue weighted by atomic mass is 16.5. The molecule has 0 spiro atoms. The van der Waals surface area contributed by atoms with Gasteiger partial charge in [-0.3, -0.25) is 0 Å². The molecule has 0 radical (unpaired) electrons. The molecule has 3 nitrogen and oxygen atoms in total. The van der Waals surface area contributed by atoms with Crippen molar-refractivity contribution < 1.29 is 9.84 Å². The van der Waals surface area contributed by atoms with Crippen LogP contribution >= 0.6 is 0 Å². The number of hydrogen-bond donors (Lipinski definition) is 2. The van der Waals surface area contributed by atoms with Crippen molar-refractivity contribution in [3.05, 3.63) is 0 Å². The third kappa shape index (κ3) is 2.15. The van der Waals surface area contributed by atoms with Crippen molar-refractivity contribution in [2.45, 2.75) is 38.5 Å². The van der Waals surface area contributed by atoms with Crippen LogP contribution < -0.4 is 5.73 Å². The SMILES string of the molecule is CC(C)[C@H]1C[C@@H](N)[C@@H](O)CO1. The largest absolute Gasteiger partial charge is 0.389 e. The first kappa shape index (κ1) is 8.97. The fourth-order valence-corrected chi connectivity index (χ4v) is 1.30. The lowest BCUT2D eigenvalue weighted by Crippen LogP contribution is -2.47.